The third-order valence-electron chi connectivity index (χ3n) is 4.84. The van der Waals surface area contributed by atoms with E-state index in [1.807, 2.05) is 43.9 Å². The van der Waals surface area contributed by atoms with Crippen molar-refractivity contribution in [3.05, 3.63) is 42.1 Å². The number of rotatable bonds is 8. The first-order chi connectivity index (χ1) is 11.9. The van der Waals surface area contributed by atoms with Gasteiger partial charge in [-0.25, -0.2) is 0 Å². The van der Waals surface area contributed by atoms with Crippen molar-refractivity contribution in [3.8, 4) is 11.3 Å². The van der Waals surface area contributed by atoms with Gasteiger partial charge < -0.3 is 10.6 Å². The van der Waals surface area contributed by atoms with Crippen LogP contribution >= 0.6 is 0 Å². The van der Waals surface area contributed by atoms with Gasteiger partial charge in [0.2, 0.25) is 5.91 Å². The van der Waals surface area contributed by atoms with E-state index >= 15 is 0 Å². The van der Waals surface area contributed by atoms with E-state index in [9.17, 15) is 4.79 Å². The molecule has 5 heteroatoms. The van der Waals surface area contributed by atoms with Crippen molar-refractivity contribution >= 4 is 5.91 Å². The number of likely N-dealkylation sites (N-methyl/N-ethyl adjacent to an activating group) is 1. The Morgan fingerprint density at radius 2 is 2.00 bits per heavy atom. The van der Waals surface area contributed by atoms with Crippen LogP contribution in [0.15, 0.2) is 36.4 Å². The van der Waals surface area contributed by atoms with Gasteiger partial charge >= 0.3 is 0 Å². The Labute approximate surface area is 150 Å². The summed E-state index contributed by atoms with van der Waals surface area (Å²) < 4.78 is 1.92. The number of aryl methyl sites for hydroxylation is 2. The van der Waals surface area contributed by atoms with E-state index in [0.29, 0.717) is 6.54 Å². The summed E-state index contributed by atoms with van der Waals surface area (Å²) >= 11 is 0. The first-order valence-electron chi connectivity index (χ1n) is 9.03. The zero-order valence-electron chi connectivity index (χ0n) is 15.8. The second kappa shape index (κ2) is 8.81. The molecule has 0 aliphatic heterocycles. The number of hydrogen-bond acceptors (Lipinski definition) is 3. The lowest BCUT2D eigenvalue weighted by Gasteiger charge is -2.24. The number of nitrogens with two attached hydrogens (primary N) is 1. The van der Waals surface area contributed by atoms with Crippen molar-refractivity contribution < 1.29 is 4.79 Å². The van der Waals surface area contributed by atoms with Crippen LogP contribution in [0, 0.1) is 5.92 Å². The molecule has 25 heavy (non-hydrogen) atoms. The van der Waals surface area contributed by atoms with Gasteiger partial charge in [-0.05, 0) is 30.4 Å². The standard InChI is InChI=1S/C20H30N4O/c1-5-15(2)19(21)20(25)23(3)13-9-12-17-14-18(24(4)22-17)16-10-7-6-8-11-16/h6-8,10-11,14-15,19H,5,9,12-13,21H2,1-4H3. The highest BCUT2D eigenvalue weighted by Gasteiger charge is 2.22. The molecule has 2 atom stereocenters. The van der Waals surface area contributed by atoms with Crippen LogP contribution in [0.5, 0.6) is 0 Å². The molecule has 1 aromatic heterocycles. The summed E-state index contributed by atoms with van der Waals surface area (Å²) in [6.07, 6.45) is 2.63. The molecule has 0 spiro atoms. The maximum absolute atomic E-state index is 12.3. The molecule has 1 aromatic carbocycles. The third kappa shape index (κ3) is 4.92. The molecule has 136 valence electrons. The third-order valence-corrected chi connectivity index (χ3v) is 4.84. The Kier molecular flexibility index (Phi) is 6.76. The molecule has 0 saturated heterocycles. The summed E-state index contributed by atoms with van der Waals surface area (Å²) in [6.45, 7) is 4.78. The van der Waals surface area contributed by atoms with Crippen LogP contribution in [0.3, 0.4) is 0 Å². The molecular formula is C20H30N4O. The summed E-state index contributed by atoms with van der Waals surface area (Å²) in [7, 11) is 3.80. The second-order valence-electron chi connectivity index (χ2n) is 6.79. The average molecular weight is 342 g/mol. The fourth-order valence-corrected chi connectivity index (χ4v) is 2.89. The molecule has 2 aromatic rings. The van der Waals surface area contributed by atoms with Crippen molar-refractivity contribution in [2.24, 2.45) is 18.7 Å². The number of carbonyl (C=O) groups excluding carboxylic acids is 1. The van der Waals surface area contributed by atoms with E-state index in [0.717, 1.165) is 36.2 Å². The molecule has 0 saturated carbocycles. The number of benzene rings is 1. The minimum absolute atomic E-state index is 0.0281. The number of nitrogens with zero attached hydrogens (tertiary/aromatic N) is 3. The SMILES string of the molecule is CCC(C)C(N)C(=O)N(C)CCCc1cc(-c2ccccc2)n(C)n1. The summed E-state index contributed by atoms with van der Waals surface area (Å²) in [5, 5.41) is 4.59. The zero-order chi connectivity index (χ0) is 18.4. The van der Waals surface area contributed by atoms with Crippen LogP contribution in [-0.2, 0) is 18.3 Å². The monoisotopic (exact) mass is 342 g/mol. The normalized spacial score (nSPS) is 13.5. The fourth-order valence-electron chi connectivity index (χ4n) is 2.89. The van der Waals surface area contributed by atoms with Crippen LogP contribution in [0.1, 0.15) is 32.4 Å². The minimum Gasteiger partial charge on any atom is -0.344 e. The zero-order valence-corrected chi connectivity index (χ0v) is 15.8. The minimum atomic E-state index is -0.408. The quantitative estimate of drug-likeness (QED) is 0.802. The Hall–Kier alpha value is -2.14. The van der Waals surface area contributed by atoms with E-state index in [2.05, 4.69) is 30.2 Å². The molecule has 1 amide bonds. The van der Waals surface area contributed by atoms with Gasteiger partial charge in [-0.1, -0.05) is 50.6 Å². The molecule has 0 aliphatic carbocycles. The van der Waals surface area contributed by atoms with E-state index in [1.54, 1.807) is 4.90 Å². The molecule has 5 nitrogen and oxygen atoms in total. The Morgan fingerprint density at radius 3 is 2.64 bits per heavy atom. The molecule has 0 aliphatic rings. The summed E-state index contributed by atoms with van der Waals surface area (Å²) in [4.78, 5) is 14.1. The van der Waals surface area contributed by atoms with E-state index in [1.165, 1.54) is 0 Å². The van der Waals surface area contributed by atoms with Crippen LogP contribution < -0.4 is 5.73 Å². The van der Waals surface area contributed by atoms with Crippen molar-refractivity contribution in [3.63, 3.8) is 0 Å². The van der Waals surface area contributed by atoms with Crippen molar-refractivity contribution in [1.29, 1.82) is 0 Å². The Morgan fingerprint density at radius 1 is 1.32 bits per heavy atom. The second-order valence-corrected chi connectivity index (χ2v) is 6.79. The molecule has 2 N–H and O–H groups in total. The average Bonchev–Trinajstić information content (AvgIpc) is 3.00. The lowest BCUT2D eigenvalue weighted by atomic mass is 9.99. The molecule has 0 bridgehead atoms. The van der Waals surface area contributed by atoms with Gasteiger partial charge in [-0.3, -0.25) is 9.48 Å². The highest BCUT2D eigenvalue weighted by molar-refractivity contribution is 5.81. The first kappa shape index (κ1) is 19.2. The highest BCUT2D eigenvalue weighted by atomic mass is 16.2. The van der Waals surface area contributed by atoms with Crippen LogP contribution in [0.4, 0.5) is 0 Å². The van der Waals surface area contributed by atoms with Gasteiger partial charge in [-0.15, -0.1) is 0 Å². The Balaban J connectivity index is 1.89. The first-order valence-corrected chi connectivity index (χ1v) is 9.03. The Bertz CT molecular complexity index is 680. The molecule has 0 radical (unpaired) electrons. The fraction of sp³-hybridized carbons (Fsp3) is 0.500. The maximum Gasteiger partial charge on any atom is 0.239 e. The molecule has 0 fully saturated rings. The summed E-state index contributed by atoms with van der Waals surface area (Å²) in [6, 6.07) is 12.0. The number of hydrogen-bond donors (Lipinski definition) is 1. The lowest BCUT2D eigenvalue weighted by molar-refractivity contribution is -0.132. The van der Waals surface area contributed by atoms with E-state index in [4.69, 9.17) is 5.73 Å². The van der Waals surface area contributed by atoms with Gasteiger partial charge in [0, 0.05) is 20.6 Å². The molecule has 2 unspecified atom stereocenters. The summed E-state index contributed by atoms with van der Waals surface area (Å²) in [5.41, 5.74) is 9.36. The van der Waals surface area contributed by atoms with Gasteiger partial charge in [0.15, 0.2) is 0 Å². The van der Waals surface area contributed by atoms with Gasteiger partial charge in [0.05, 0.1) is 17.4 Å². The predicted octanol–water partition coefficient (Wildman–Crippen LogP) is 2.85. The van der Waals surface area contributed by atoms with Crippen molar-refractivity contribution in [2.45, 2.75) is 39.2 Å². The number of aromatic nitrogens is 2. The van der Waals surface area contributed by atoms with E-state index < -0.39 is 6.04 Å². The topological polar surface area (TPSA) is 64.2 Å². The predicted molar refractivity (Wildman–Crippen MR) is 102 cm³/mol. The molecular weight excluding hydrogens is 312 g/mol. The molecule has 1 heterocycles. The van der Waals surface area contributed by atoms with Crippen LogP contribution in [0.2, 0.25) is 0 Å². The lowest BCUT2D eigenvalue weighted by Crippen LogP contribution is -2.45. The van der Waals surface area contributed by atoms with Crippen LogP contribution in [-0.4, -0.2) is 40.2 Å². The summed E-state index contributed by atoms with van der Waals surface area (Å²) in [5.74, 6) is 0.236. The molecule has 2 rings (SSSR count). The number of carbonyl (C=O) groups is 1. The largest absolute Gasteiger partial charge is 0.344 e. The van der Waals surface area contributed by atoms with Crippen LogP contribution in [0.25, 0.3) is 11.3 Å². The van der Waals surface area contributed by atoms with E-state index in [-0.39, 0.29) is 11.8 Å². The van der Waals surface area contributed by atoms with Gasteiger partial charge in [0.1, 0.15) is 0 Å². The highest BCUT2D eigenvalue weighted by Crippen LogP contribution is 2.20. The van der Waals surface area contributed by atoms with Crippen molar-refractivity contribution in [1.82, 2.24) is 14.7 Å². The maximum atomic E-state index is 12.3. The smallest absolute Gasteiger partial charge is 0.239 e. The van der Waals surface area contributed by atoms with Crippen molar-refractivity contribution in [2.75, 3.05) is 13.6 Å². The van der Waals surface area contributed by atoms with Gasteiger partial charge in [-0.2, -0.15) is 5.10 Å². The number of amides is 1. The van der Waals surface area contributed by atoms with Gasteiger partial charge in [0.25, 0.3) is 0 Å².